The van der Waals surface area contributed by atoms with Gasteiger partial charge in [0.25, 0.3) is 0 Å². The minimum Gasteiger partial charge on any atom is -0.423 e. The van der Waals surface area contributed by atoms with Crippen LogP contribution in [0.2, 0.25) is 0 Å². The molecule has 0 spiro atoms. The van der Waals surface area contributed by atoms with Crippen molar-refractivity contribution in [1.82, 2.24) is 0 Å². The van der Waals surface area contributed by atoms with Gasteiger partial charge in [0.2, 0.25) is 0 Å². The number of carbonyl (C=O) groups is 1. The molecule has 4 rings (SSSR count). The van der Waals surface area contributed by atoms with Gasteiger partial charge in [-0.3, -0.25) is 0 Å². The highest BCUT2D eigenvalue weighted by atomic mass is 19.1. The maximum absolute atomic E-state index is 15.2. The van der Waals surface area contributed by atoms with Gasteiger partial charge in [0.05, 0.1) is 17.2 Å². The molecule has 0 aromatic heterocycles. The lowest BCUT2D eigenvalue weighted by Gasteiger charge is -2.10. The highest BCUT2D eigenvalue weighted by Crippen LogP contribution is 2.30. The summed E-state index contributed by atoms with van der Waals surface area (Å²) in [6.07, 6.45) is 3.31. The molecule has 3 nitrogen and oxygen atoms in total. The summed E-state index contributed by atoms with van der Waals surface area (Å²) < 4.78 is 20.5. The molecule has 0 aliphatic rings. The Bertz CT molecular complexity index is 1290. The molecular weight excluding hydrogens is 377 g/mol. The van der Waals surface area contributed by atoms with E-state index in [4.69, 9.17) is 10.00 Å². The van der Waals surface area contributed by atoms with Gasteiger partial charge in [0, 0.05) is 5.39 Å². The molecule has 4 aromatic rings. The number of halogens is 1. The number of esters is 1. The maximum atomic E-state index is 15.2. The Kier molecular flexibility index (Phi) is 5.45. The minimum atomic E-state index is -0.769. The van der Waals surface area contributed by atoms with Crippen molar-refractivity contribution < 1.29 is 13.9 Å². The van der Waals surface area contributed by atoms with Crippen molar-refractivity contribution in [2.75, 3.05) is 0 Å². The van der Waals surface area contributed by atoms with Gasteiger partial charge in [-0.15, -0.1) is 0 Å². The molecule has 0 amide bonds. The number of hydrogen-bond acceptors (Lipinski definition) is 3. The van der Waals surface area contributed by atoms with E-state index in [1.807, 2.05) is 18.2 Å². The predicted molar refractivity (Wildman–Crippen MR) is 116 cm³/mol. The fraction of sp³-hybridized carbons (Fsp3) is 0.154. The third kappa shape index (κ3) is 3.75. The number of benzene rings is 4. The van der Waals surface area contributed by atoms with E-state index in [9.17, 15) is 4.79 Å². The van der Waals surface area contributed by atoms with E-state index in [-0.39, 0.29) is 11.3 Å². The molecule has 0 bridgehead atoms. The first kappa shape index (κ1) is 19.6. The normalized spacial score (nSPS) is 10.8. The average Bonchev–Trinajstić information content (AvgIpc) is 2.78. The maximum Gasteiger partial charge on any atom is 0.346 e. The summed E-state index contributed by atoms with van der Waals surface area (Å²) in [6, 6.07) is 21.2. The lowest BCUT2D eigenvalue weighted by molar-refractivity contribution is 0.0730. The number of unbranched alkanes of at least 4 members (excludes halogenated alkanes) is 1. The Labute approximate surface area is 174 Å². The zero-order chi connectivity index (χ0) is 21.1. The molecule has 0 saturated carbocycles. The van der Waals surface area contributed by atoms with Crippen LogP contribution in [-0.4, -0.2) is 5.97 Å². The standard InChI is InChI=1S/C26H20FNO2/c1-2-3-4-17-7-11-21-19(15-17)8-12-23-22(21)13-14-24(25(23)27)26(29)30-20-9-5-18(16-28)6-10-20/h5-15H,2-4H2,1H3. The second-order valence-corrected chi connectivity index (χ2v) is 7.27. The van der Waals surface area contributed by atoms with Gasteiger partial charge in [-0.1, -0.05) is 49.7 Å². The number of hydrogen-bond donors (Lipinski definition) is 0. The third-order valence-electron chi connectivity index (χ3n) is 5.25. The molecule has 0 unspecified atom stereocenters. The SMILES string of the molecule is CCCCc1ccc2c(ccc3c(F)c(C(=O)Oc4ccc(C#N)cc4)ccc32)c1. The van der Waals surface area contributed by atoms with Gasteiger partial charge < -0.3 is 4.74 Å². The first-order chi connectivity index (χ1) is 14.6. The second-order valence-electron chi connectivity index (χ2n) is 7.27. The van der Waals surface area contributed by atoms with Gasteiger partial charge in [-0.25, -0.2) is 9.18 Å². The van der Waals surface area contributed by atoms with Crippen molar-refractivity contribution >= 4 is 27.5 Å². The zero-order valence-electron chi connectivity index (χ0n) is 16.6. The van der Waals surface area contributed by atoms with Crippen molar-refractivity contribution in [2.24, 2.45) is 0 Å². The summed E-state index contributed by atoms with van der Waals surface area (Å²) in [5, 5.41) is 12.0. The fourth-order valence-corrected chi connectivity index (χ4v) is 3.61. The van der Waals surface area contributed by atoms with Crippen LogP contribution in [0.1, 0.15) is 41.3 Å². The van der Waals surface area contributed by atoms with Gasteiger partial charge >= 0.3 is 5.97 Å². The molecule has 0 heterocycles. The van der Waals surface area contributed by atoms with Gasteiger partial charge in [-0.05, 0) is 64.9 Å². The number of aryl methyl sites for hydroxylation is 1. The number of nitriles is 1. The summed E-state index contributed by atoms with van der Waals surface area (Å²) in [7, 11) is 0. The van der Waals surface area contributed by atoms with Crippen LogP contribution < -0.4 is 4.74 Å². The highest BCUT2D eigenvalue weighted by Gasteiger charge is 2.18. The van der Waals surface area contributed by atoms with Crippen molar-refractivity contribution in [3.8, 4) is 11.8 Å². The molecule has 0 aliphatic carbocycles. The van der Waals surface area contributed by atoms with E-state index in [1.54, 1.807) is 24.3 Å². The molecule has 0 atom stereocenters. The quantitative estimate of drug-likeness (QED) is 0.217. The summed E-state index contributed by atoms with van der Waals surface area (Å²) in [5.41, 5.74) is 1.61. The largest absolute Gasteiger partial charge is 0.423 e. The van der Waals surface area contributed by atoms with Crippen LogP contribution in [0, 0.1) is 17.1 Å². The van der Waals surface area contributed by atoms with Gasteiger partial charge in [0.15, 0.2) is 0 Å². The molecule has 0 fully saturated rings. The first-order valence-corrected chi connectivity index (χ1v) is 9.97. The van der Waals surface area contributed by atoms with Gasteiger partial charge in [0.1, 0.15) is 11.6 Å². The Hall–Kier alpha value is -3.71. The molecule has 4 heteroatoms. The van der Waals surface area contributed by atoms with Crippen LogP contribution in [0.25, 0.3) is 21.5 Å². The molecule has 0 radical (unpaired) electrons. The van der Waals surface area contributed by atoms with E-state index >= 15 is 4.39 Å². The van der Waals surface area contributed by atoms with E-state index in [0.29, 0.717) is 10.9 Å². The Morgan fingerprint density at radius 1 is 0.967 bits per heavy atom. The van der Waals surface area contributed by atoms with Crippen molar-refractivity contribution in [1.29, 1.82) is 5.26 Å². The lowest BCUT2D eigenvalue weighted by Crippen LogP contribution is -2.11. The zero-order valence-corrected chi connectivity index (χ0v) is 16.6. The van der Waals surface area contributed by atoms with Crippen LogP contribution in [-0.2, 0) is 6.42 Å². The van der Waals surface area contributed by atoms with E-state index in [2.05, 4.69) is 19.1 Å². The molecule has 148 valence electrons. The Morgan fingerprint density at radius 2 is 1.70 bits per heavy atom. The van der Waals surface area contributed by atoms with Gasteiger partial charge in [-0.2, -0.15) is 5.26 Å². The van der Waals surface area contributed by atoms with Crippen molar-refractivity contribution in [3.05, 3.63) is 89.2 Å². The van der Waals surface area contributed by atoms with Crippen LogP contribution in [0.4, 0.5) is 4.39 Å². The number of carbonyl (C=O) groups excluding carboxylic acids is 1. The predicted octanol–water partition coefficient (Wildman–Crippen LogP) is 6.57. The van der Waals surface area contributed by atoms with Crippen LogP contribution >= 0.6 is 0 Å². The smallest absolute Gasteiger partial charge is 0.346 e. The van der Waals surface area contributed by atoms with Crippen molar-refractivity contribution in [3.63, 3.8) is 0 Å². The summed E-state index contributed by atoms with van der Waals surface area (Å²) in [6.45, 7) is 2.17. The molecule has 0 N–H and O–H groups in total. The van der Waals surface area contributed by atoms with Crippen LogP contribution in [0.3, 0.4) is 0 Å². The first-order valence-electron chi connectivity index (χ1n) is 9.97. The second kappa shape index (κ2) is 8.34. The highest BCUT2D eigenvalue weighted by molar-refractivity contribution is 6.09. The monoisotopic (exact) mass is 397 g/mol. The number of ether oxygens (including phenoxy) is 1. The van der Waals surface area contributed by atoms with E-state index in [0.717, 1.165) is 35.4 Å². The molecule has 0 aliphatic heterocycles. The van der Waals surface area contributed by atoms with Crippen LogP contribution in [0.5, 0.6) is 5.75 Å². The molecular formula is C26H20FNO2. The average molecular weight is 397 g/mol. The minimum absolute atomic E-state index is 0.120. The number of rotatable bonds is 5. The summed E-state index contributed by atoms with van der Waals surface area (Å²) >= 11 is 0. The Balaban J connectivity index is 1.68. The molecule has 0 saturated heterocycles. The van der Waals surface area contributed by atoms with E-state index in [1.165, 1.54) is 23.8 Å². The van der Waals surface area contributed by atoms with E-state index < -0.39 is 11.8 Å². The molecule has 4 aromatic carbocycles. The molecule has 30 heavy (non-hydrogen) atoms. The summed E-state index contributed by atoms with van der Waals surface area (Å²) in [5.74, 6) is -1.10. The topological polar surface area (TPSA) is 50.1 Å². The number of nitrogens with zero attached hydrogens (tertiary/aromatic N) is 1. The number of fused-ring (bicyclic) bond motifs is 3. The lowest BCUT2D eigenvalue weighted by atomic mass is 9.97. The summed E-state index contributed by atoms with van der Waals surface area (Å²) in [4.78, 5) is 12.5. The van der Waals surface area contributed by atoms with Crippen LogP contribution in [0.15, 0.2) is 66.7 Å². The van der Waals surface area contributed by atoms with Crippen molar-refractivity contribution in [2.45, 2.75) is 26.2 Å². The Morgan fingerprint density at radius 3 is 2.43 bits per heavy atom. The third-order valence-corrected chi connectivity index (χ3v) is 5.25. The fourth-order valence-electron chi connectivity index (χ4n) is 3.61.